The van der Waals surface area contributed by atoms with Gasteiger partial charge in [-0.15, -0.1) is 0 Å². The van der Waals surface area contributed by atoms with E-state index in [1.54, 1.807) is 12.1 Å². The number of pyridine rings is 1. The fourth-order valence-corrected chi connectivity index (χ4v) is 5.29. The summed E-state index contributed by atoms with van der Waals surface area (Å²) in [5.41, 5.74) is 5.51. The molecule has 1 aromatic heterocycles. The van der Waals surface area contributed by atoms with E-state index in [9.17, 15) is 9.18 Å². The Bertz CT molecular complexity index is 1550. The van der Waals surface area contributed by atoms with Crippen LogP contribution >= 0.6 is 0 Å². The van der Waals surface area contributed by atoms with E-state index in [2.05, 4.69) is 6.08 Å². The highest BCUT2D eigenvalue weighted by Crippen LogP contribution is 2.44. The highest BCUT2D eigenvalue weighted by atomic mass is 19.1. The van der Waals surface area contributed by atoms with Crippen LogP contribution in [-0.4, -0.2) is 37.4 Å². The minimum Gasteiger partial charge on any atom is -0.489 e. The maximum atomic E-state index is 14.0. The fourth-order valence-electron chi connectivity index (χ4n) is 5.29. The lowest BCUT2D eigenvalue weighted by molar-refractivity contribution is -0.151. The minimum absolute atomic E-state index is 0.160. The first kappa shape index (κ1) is 26.0. The zero-order valence-corrected chi connectivity index (χ0v) is 22.3. The number of nitrogens with zero attached hydrogens (tertiary/aromatic N) is 1. The Balaban J connectivity index is 1.45. The van der Waals surface area contributed by atoms with E-state index in [0.29, 0.717) is 56.2 Å². The molecule has 1 fully saturated rings. The van der Waals surface area contributed by atoms with E-state index < -0.39 is 0 Å². The molecule has 3 aromatic carbocycles. The second-order valence-electron chi connectivity index (χ2n) is 10.1. The molecule has 2 aliphatic rings. The quantitative estimate of drug-likeness (QED) is 0.231. The largest absolute Gasteiger partial charge is 0.489 e. The van der Waals surface area contributed by atoms with E-state index in [0.717, 1.165) is 33.2 Å². The van der Waals surface area contributed by atoms with Crippen LogP contribution in [0.1, 0.15) is 30.4 Å². The number of methoxy groups -OCH3 is 1. The molecule has 0 spiro atoms. The van der Waals surface area contributed by atoms with Crippen molar-refractivity contribution in [1.29, 1.82) is 0 Å². The number of carbonyl (C=O) groups is 1. The Labute approximate surface area is 232 Å². The molecule has 1 saturated carbocycles. The summed E-state index contributed by atoms with van der Waals surface area (Å²) in [5.74, 6) is 0.493. The molecule has 204 valence electrons. The van der Waals surface area contributed by atoms with E-state index in [4.69, 9.17) is 23.9 Å². The summed E-state index contributed by atoms with van der Waals surface area (Å²) in [5, 5.41) is 0.912. The zero-order valence-electron chi connectivity index (χ0n) is 22.3. The molecule has 0 unspecified atom stereocenters. The second-order valence-corrected chi connectivity index (χ2v) is 10.1. The lowest BCUT2D eigenvalue weighted by Gasteiger charge is -2.34. The first-order chi connectivity index (χ1) is 19.6. The fraction of sp³-hybridized carbons (Fsp3) is 0.273. The van der Waals surface area contributed by atoms with Crippen molar-refractivity contribution in [2.45, 2.75) is 32.0 Å². The van der Waals surface area contributed by atoms with Gasteiger partial charge < -0.3 is 18.9 Å². The summed E-state index contributed by atoms with van der Waals surface area (Å²) in [4.78, 5) is 17.0. The highest BCUT2D eigenvalue weighted by molar-refractivity contribution is 6.02. The maximum absolute atomic E-state index is 14.0. The highest BCUT2D eigenvalue weighted by Gasteiger charge is 2.38. The van der Waals surface area contributed by atoms with E-state index >= 15 is 0 Å². The van der Waals surface area contributed by atoms with Gasteiger partial charge in [-0.25, -0.2) is 9.37 Å². The molecule has 0 amide bonds. The SMILES string of the molecule is COC(=O)C1CC(Oc2nc3cc(OCc4ccccc4)ccc3c(-c3ccc(F)cc3)c2C2=CCOCC2)C1. The van der Waals surface area contributed by atoms with E-state index in [1.807, 2.05) is 48.5 Å². The number of rotatable bonds is 8. The number of benzene rings is 3. The molecule has 6 rings (SSSR count). The van der Waals surface area contributed by atoms with Gasteiger partial charge in [-0.2, -0.15) is 0 Å². The maximum Gasteiger partial charge on any atom is 0.308 e. The third-order valence-corrected chi connectivity index (χ3v) is 7.50. The molecule has 0 atom stereocenters. The molecular weight excluding hydrogens is 509 g/mol. The number of hydrogen-bond acceptors (Lipinski definition) is 6. The van der Waals surface area contributed by atoms with Crippen molar-refractivity contribution < 1.29 is 28.1 Å². The van der Waals surface area contributed by atoms with Crippen LogP contribution < -0.4 is 9.47 Å². The van der Waals surface area contributed by atoms with Crippen LogP contribution in [-0.2, 0) is 20.9 Å². The van der Waals surface area contributed by atoms with Gasteiger partial charge in [0, 0.05) is 22.6 Å². The number of fused-ring (bicyclic) bond motifs is 1. The topological polar surface area (TPSA) is 66.9 Å². The molecule has 0 N–H and O–H groups in total. The van der Waals surface area contributed by atoms with Gasteiger partial charge in [0.05, 0.1) is 31.8 Å². The summed E-state index contributed by atoms with van der Waals surface area (Å²) in [6.45, 7) is 1.52. The van der Waals surface area contributed by atoms with Gasteiger partial charge in [-0.1, -0.05) is 48.5 Å². The van der Waals surface area contributed by atoms with Crippen LogP contribution in [0.4, 0.5) is 4.39 Å². The molecule has 40 heavy (non-hydrogen) atoms. The lowest BCUT2D eigenvalue weighted by atomic mass is 9.82. The molecule has 0 radical (unpaired) electrons. The van der Waals surface area contributed by atoms with Gasteiger partial charge >= 0.3 is 5.97 Å². The Hall–Kier alpha value is -4.23. The predicted octanol–water partition coefficient (Wildman–Crippen LogP) is 6.75. The van der Waals surface area contributed by atoms with Crippen LogP contribution in [0, 0.1) is 11.7 Å². The minimum atomic E-state index is -0.301. The second kappa shape index (κ2) is 11.5. The molecule has 4 aromatic rings. The molecule has 1 aliphatic carbocycles. The normalized spacial score (nSPS) is 18.5. The zero-order chi connectivity index (χ0) is 27.5. The number of hydrogen-bond donors (Lipinski definition) is 0. The predicted molar refractivity (Wildman–Crippen MR) is 150 cm³/mol. The van der Waals surface area contributed by atoms with Crippen molar-refractivity contribution in [3.8, 4) is 22.8 Å². The van der Waals surface area contributed by atoms with E-state index in [1.165, 1.54) is 19.2 Å². The molecule has 7 heteroatoms. The van der Waals surface area contributed by atoms with Crippen LogP contribution in [0.25, 0.3) is 27.6 Å². The number of ether oxygens (including phenoxy) is 4. The average Bonchev–Trinajstić information content (AvgIpc) is 2.98. The number of esters is 1. The molecular formula is C33H30FNO5. The van der Waals surface area contributed by atoms with Crippen molar-refractivity contribution >= 4 is 22.4 Å². The molecule has 0 saturated heterocycles. The van der Waals surface area contributed by atoms with Crippen molar-refractivity contribution in [2.24, 2.45) is 5.92 Å². The lowest BCUT2D eigenvalue weighted by Crippen LogP contribution is -2.39. The van der Waals surface area contributed by atoms with Crippen molar-refractivity contribution in [3.63, 3.8) is 0 Å². The first-order valence-corrected chi connectivity index (χ1v) is 13.5. The third-order valence-electron chi connectivity index (χ3n) is 7.50. The number of halogens is 1. The van der Waals surface area contributed by atoms with Crippen LogP contribution in [0.15, 0.2) is 78.9 Å². The van der Waals surface area contributed by atoms with Crippen molar-refractivity contribution in [2.75, 3.05) is 20.3 Å². The summed E-state index contributed by atoms with van der Waals surface area (Å²) in [7, 11) is 1.41. The van der Waals surface area contributed by atoms with Gasteiger partial charge in [0.1, 0.15) is 24.3 Å². The van der Waals surface area contributed by atoms with Gasteiger partial charge in [-0.3, -0.25) is 4.79 Å². The van der Waals surface area contributed by atoms with Crippen LogP contribution in [0.2, 0.25) is 0 Å². The summed E-state index contributed by atoms with van der Waals surface area (Å²) in [6, 6.07) is 22.3. The molecule has 6 nitrogen and oxygen atoms in total. The Morgan fingerprint density at radius 2 is 1.82 bits per heavy atom. The first-order valence-electron chi connectivity index (χ1n) is 13.5. The van der Waals surface area contributed by atoms with Crippen molar-refractivity contribution in [1.82, 2.24) is 4.98 Å². The summed E-state index contributed by atoms with van der Waals surface area (Å²) in [6.07, 6.45) is 3.74. The summed E-state index contributed by atoms with van der Waals surface area (Å²) < 4.78 is 37.1. The monoisotopic (exact) mass is 539 g/mol. The van der Waals surface area contributed by atoms with Crippen LogP contribution in [0.3, 0.4) is 0 Å². The Kier molecular flexibility index (Phi) is 7.47. The molecule has 1 aliphatic heterocycles. The van der Waals surface area contributed by atoms with Gasteiger partial charge in [0.15, 0.2) is 0 Å². The standard InChI is InChI=1S/C33H30FNO5/c1-37-33(36)24-17-27(18-24)40-32-31(23-13-15-38-16-14-23)30(22-7-9-25(34)10-8-22)28-12-11-26(19-29(28)35-32)39-20-21-5-3-2-4-6-21/h2-13,19,24,27H,14-18,20H2,1H3. The Morgan fingerprint density at radius 1 is 1.02 bits per heavy atom. The smallest absolute Gasteiger partial charge is 0.308 e. The van der Waals surface area contributed by atoms with Crippen LogP contribution in [0.5, 0.6) is 11.6 Å². The van der Waals surface area contributed by atoms with Gasteiger partial charge in [0.25, 0.3) is 0 Å². The Morgan fingerprint density at radius 3 is 2.55 bits per heavy atom. The number of aromatic nitrogens is 1. The molecule has 0 bridgehead atoms. The van der Waals surface area contributed by atoms with Gasteiger partial charge in [-0.05, 0) is 60.2 Å². The van der Waals surface area contributed by atoms with E-state index in [-0.39, 0.29) is 23.8 Å². The number of carbonyl (C=O) groups excluding carboxylic acids is 1. The third kappa shape index (κ3) is 5.42. The molecule has 2 heterocycles. The average molecular weight is 540 g/mol. The summed E-state index contributed by atoms with van der Waals surface area (Å²) >= 11 is 0. The van der Waals surface area contributed by atoms with Gasteiger partial charge in [0.2, 0.25) is 5.88 Å². The van der Waals surface area contributed by atoms with Crippen molar-refractivity contribution in [3.05, 3.63) is 95.8 Å².